The van der Waals surface area contributed by atoms with Gasteiger partial charge < -0.3 is 10.5 Å². The molecule has 2 N–H and O–H groups in total. The number of rotatable bonds is 4. The molecule has 0 fully saturated rings. The number of halogens is 1. The van der Waals surface area contributed by atoms with Gasteiger partial charge in [-0.1, -0.05) is 0 Å². The highest BCUT2D eigenvalue weighted by atomic mass is 32.2. The second-order valence-electron chi connectivity index (χ2n) is 3.81. The Kier molecular flexibility index (Phi) is 4.10. The van der Waals surface area contributed by atoms with Gasteiger partial charge in [-0.3, -0.25) is 0 Å². The molecule has 0 atom stereocenters. The summed E-state index contributed by atoms with van der Waals surface area (Å²) in [5.41, 5.74) is 7.24. The molecule has 2 nitrogen and oxygen atoms in total. The van der Waals surface area contributed by atoms with Crippen LogP contribution < -0.4 is 10.5 Å². The van der Waals surface area contributed by atoms with E-state index in [0.29, 0.717) is 11.4 Å². The maximum Gasteiger partial charge on any atom is 0.123 e. The summed E-state index contributed by atoms with van der Waals surface area (Å²) in [5, 5.41) is 0. The maximum atomic E-state index is 13.1. The van der Waals surface area contributed by atoms with Crippen molar-refractivity contribution in [1.82, 2.24) is 0 Å². The van der Waals surface area contributed by atoms with Crippen LogP contribution in [0.25, 0.3) is 0 Å². The zero-order valence-electron chi connectivity index (χ0n) is 10.0. The van der Waals surface area contributed by atoms with E-state index in [1.165, 1.54) is 12.1 Å². The summed E-state index contributed by atoms with van der Waals surface area (Å²) >= 11 is 1.61. The van der Waals surface area contributed by atoms with E-state index in [2.05, 4.69) is 0 Å². The number of hydrogen-bond acceptors (Lipinski definition) is 3. The minimum Gasteiger partial charge on any atom is -0.497 e. The molecule has 0 amide bonds. The molecule has 0 aromatic heterocycles. The van der Waals surface area contributed by atoms with Gasteiger partial charge in [-0.25, -0.2) is 4.39 Å². The molecule has 4 heteroatoms. The van der Waals surface area contributed by atoms with Crippen LogP contribution in [-0.2, 0) is 5.75 Å². The zero-order chi connectivity index (χ0) is 13.0. The van der Waals surface area contributed by atoms with E-state index in [1.54, 1.807) is 24.9 Å². The number of nitrogen functional groups attached to an aromatic ring is 1. The van der Waals surface area contributed by atoms with Gasteiger partial charge >= 0.3 is 0 Å². The minimum atomic E-state index is -0.255. The largest absolute Gasteiger partial charge is 0.497 e. The van der Waals surface area contributed by atoms with E-state index < -0.39 is 0 Å². The molecular weight excluding hydrogens is 249 g/mol. The average molecular weight is 263 g/mol. The van der Waals surface area contributed by atoms with Crippen molar-refractivity contribution in [3.05, 3.63) is 53.8 Å². The number of ether oxygens (including phenoxy) is 1. The molecule has 0 radical (unpaired) electrons. The van der Waals surface area contributed by atoms with Gasteiger partial charge in [0.1, 0.15) is 11.6 Å². The Morgan fingerprint density at radius 2 is 1.89 bits per heavy atom. The predicted octanol–water partition coefficient (Wildman–Crippen LogP) is 3.71. The zero-order valence-corrected chi connectivity index (χ0v) is 10.8. The molecular formula is C14H14FNOS. The van der Waals surface area contributed by atoms with Gasteiger partial charge in [0.25, 0.3) is 0 Å². The standard InChI is InChI=1S/C14H14FNOS/c1-17-12-3-5-13(6-4-12)18-9-10-8-11(15)2-7-14(10)16/h2-8H,9,16H2,1H3. The van der Waals surface area contributed by atoms with Crippen molar-refractivity contribution in [3.8, 4) is 5.75 Å². The van der Waals surface area contributed by atoms with Crippen molar-refractivity contribution in [2.45, 2.75) is 10.6 Å². The van der Waals surface area contributed by atoms with Crippen LogP contribution in [0.3, 0.4) is 0 Å². The van der Waals surface area contributed by atoms with Crippen LogP contribution in [0.5, 0.6) is 5.75 Å². The Morgan fingerprint density at radius 3 is 2.56 bits per heavy atom. The van der Waals surface area contributed by atoms with Crippen molar-refractivity contribution >= 4 is 17.4 Å². The smallest absolute Gasteiger partial charge is 0.123 e. The first-order valence-electron chi connectivity index (χ1n) is 5.50. The van der Waals surface area contributed by atoms with Gasteiger partial charge in [0, 0.05) is 16.3 Å². The summed E-state index contributed by atoms with van der Waals surface area (Å²) in [6.07, 6.45) is 0. The fourth-order valence-corrected chi connectivity index (χ4v) is 2.43. The second-order valence-corrected chi connectivity index (χ2v) is 4.86. The van der Waals surface area contributed by atoms with E-state index in [0.717, 1.165) is 16.2 Å². The summed E-state index contributed by atoms with van der Waals surface area (Å²) in [4.78, 5) is 1.10. The molecule has 2 aromatic carbocycles. The topological polar surface area (TPSA) is 35.2 Å². The van der Waals surface area contributed by atoms with E-state index in [1.807, 2.05) is 24.3 Å². The van der Waals surface area contributed by atoms with Gasteiger partial charge in [0.15, 0.2) is 0 Å². The van der Waals surface area contributed by atoms with Crippen LogP contribution in [0, 0.1) is 5.82 Å². The number of methoxy groups -OCH3 is 1. The van der Waals surface area contributed by atoms with Crippen molar-refractivity contribution in [2.24, 2.45) is 0 Å². The van der Waals surface area contributed by atoms with Crippen molar-refractivity contribution in [2.75, 3.05) is 12.8 Å². The summed E-state index contributed by atoms with van der Waals surface area (Å²) in [6, 6.07) is 12.2. The van der Waals surface area contributed by atoms with Gasteiger partial charge in [-0.05, 0) is 48.0 Å². The lowest BCUT2D eigenvalue weighted by Gasteiger charge is -2.06. The molecule has 0 heterocycles. The third-order valence-corrected chi connectivity index (χ3v) is 3.62. The fraction of sp³-hybridized carbons (Fsp3) is 0.143. The normalized spacial score (nSPS) is 10.3. The van der Waals surface area contributed by atoms with Gasteiger partial charge in [0.05, 0.1) is 7.11 Å². The molecule has 0 aliphatic carbocycles. The molecule has 94 valence electrons. The van der Waals surface area contributed by atoms with Crippen LogP contribution in [0.4, 0.5) is 10.1 Å². The van der Waals surface area contributed by atoms with Crippen LogP contribution in [0.1, 0.15) is 5.56 Å². The van der Waals surface area contributed by atoms with Crippen molar-refractivity contribution < 1.29 is 9.13 Å². The van der Waals surface area contributed by atoms with Gasteiger partial charge in [-0.2, -0.15) is 0 Å². The first kappa shape index (κ1) is 12.8. The summed E-state index contributed by atoms with van der Waals surface area (Å²) in [7, 11) is 1.63. The SMILES string of the molecule is COc1ccc(SCc2cc(F)ccc2N)cc1. The third kappa shape index (κ3) is 3.17. The Bertz CT molecular complexity index is 528. The Morgan fingerprint density at radius 1 is 1.17 bits per heavy atom. The minimum absolute atomic E-state index is 0.255. The van der Waals surface area contributed by atoms with Crippen LogP contribution in [-0.4, -0.2) is 7.11 Å². The van der Waals surface area contributed by atoms with Crippen LogP contribution in [0.15, 0.2) is 47.4 Å². The summed E-state index contributed by atoms with van der Waals surface area (Å²) in [5.74, 6) is 1.22. The predicted molar refractivity (Wildman–Crippen MR) is 73.4 cm³/mol. The molecule has 0 saturated carbocycles. The monoisotopic (exact) mass is 263 g/mol. The Hall–Kier alpha value is -1.68. The number of anilines is 1. The highest BCUT2D eigenvalue weighted by molar-refractivity contribution is 7.98. The Labute approximate surface area is 110 Å². The molecule has 0 aliphatic rings. The lowest BCUT2D eigenvalue weighted by molar-refractivity contribution is 0.414. The third-order valence-electron chi connectivity index (χ3n) is 2.56. The van der Waals surface area contributed by atoms with E-state index in [9.17, 15) is 4.39 Å². The number of thioether (sulfide) groups is 1. The summed E-state index contributed by atoms with van der Waals surface area (Å²) in [6.45, 7) is 0. The molecule has 0 unspecified atom stereocenters. The fourth-order valence-electron chi connectivity index (χ4n) is 1.53. The number of hydrogen-bond donors (Lipinski definition) is 1. The quantitative estimate of drug-likeness (QED) is 0.674. The first-order valence-corrected chi connectivity index (χ1v) is 6.48. The van der Waals surface area contributed by atoms with E-state index in [-0.39, 0.29) is 5.82 Å². The van der Waals surface area contributed by atoms with Crippen LogP contribution >= 0.6 is 11.8 Å². The molecule has 2 aromatic rings. The molecule has 18 heavy (non-hydrogen) atoms. The number of nitrogens with two attached hydrogens (primary N) is 1. The number of benzene rings is 2. The molecule has 0 saturated heterocycles. The molecule has 2 rings (SSSR count). The maximum absolute atomic E-state index is 13.1. The summed E-state index contributed by atoms with van der Waals surface area (Å²) < 4.78 is 18.2. The Balaban J connectivity index is 2.04. The average Bonchev–Trinajstić information content (AvgIpc) is 2.40. The second kappa shape index (κ2) is 5.78. The van der Waals surface area contributed by atoms with E-state index >= 15 is 0 Å². The van der Waals surface area contributed by atoms with Crippen molar-refractivity contribution in [1.29, 1.82) is 0 Å². The lowest BCUT2D eigenvalue weighted by atomic mass is 10.2. The van der Waals surface area contributed by atoms with Gasteiger partial charge in [0.2, 0.25) is 0 Å². The van der Waals surface area contributed by atoms with Crippen LogP contribution in [0.2, 0.25) is 0 Å². The first-order chi connectivity index (χ1) is 8.69. The molecule has 0 aliphatic heterocycles. The molecule has 0 spiro atoms. The van der Waals surface area contributed by atoms with Crippen molar-refractivity contribution in [3.63, 3.8) is 0 Å². The van der Waals surface area contributed by atoms with E-state index in [4.69, 9.17) is 10.5 Å². The highest BCUT2D eigenvalue weighted by Gasteiger charge is 2.02. The highest BCUT2D eigenvalue weighted by Crippen LogP contribution is 2.27. The van der Waals surface area contributed by atoms with Gasteiger partial charge in [-0.15, -0.1) is 11.8 Å². The molecule has 0 bridgehead atoms. The lowest BCUT2D eigenvalue weighted by Crippen LogP contribution is -1.93.